The summed E-state index contributed by atoms with van der Waals surface area (Å²) in [6.45, 7) is 5.93. The maximum Gasteiger partial charge on any atom is 0.191 e. The van der Waals surface area contributed by atoms with Crippen molar-refractivity contribution in [1.82, 2.24) is 15.6 Å². The van der Waals surface area contributed by atoms with E-state index in [-0.39, 0.29) is 24.0 Å². The van der Waals surface area contributed by atoms with Gasteiger partial charge in [-0.1, -0.05) is 37.3 Å². The molecule has 23 heavy (non-hydrogen) atoms. The fourth-order valence-corrected chi connectivity index (χ4v) is 2.95. The van der Waals surface area contributed by atoms with E-state index in [1.807, 2.05) is 6.20 Å². The number of guanidine groups is 1. The molecule has 0 fully saturated rings. The topological polar surface area (TPSA) is 49.3 Å². The van der Waals surface area contributed by atoms with Crippen molar-refractivity contribution in [2.24, 2.45) is 4.99 Å². The first-order valence-corrected chi connectivity index (χ1v) is 8.41. The highest BCUT2D eigenvalue weighted by Gasteiger charge is 2.06. The van der Waals surface area contributed by atoms with Gasteiger partial charge in [0.05, 0.1) is 6.54 Å². The number of aryl methyl sites for hydroxylation is 1. The molecule has 0 radical (unpaired) electrons. The van der Waals surface area contributed by atoms with Gasteiger partial charge in [0.15, 0.2) is 5.96 Å². The molecule has 1 heterocycles. The van der Waals surface area contributed by atoms with Crippen LogP contribution in [0.15, 0.2) is 41.5 Å². The van der Waals surface area contributed by atoms with E-state index in [0.717, 1.165) is 23.9 Å². The van der Waals surface area contributed by atoms with Crippen molar-refractivity contribution in [3.63, 3.8) is 0 Å². The molecule has 2 aromatic rings. The van der Waals surface area contributed by atoms with Gasteiger partial charge in [-0.2, -0.15) is 0 Å². The zero-order chi connectivity index (χ0) is 15.8. The first-order chi connectivity index (χ1) is 10.7. The summed E-state index contributed by atoms with van der Waals surface area (Å²) >= 11 is 1.71. The first kappa shape index (κ1) is 19.9. The van der Waals surface area contributed by atoms with Gasteiger partial charge in [0.1, 0.15) is 5.01 Å². The largest absolute Gasteiger partial charge is 0.356 e. The molecular formula is C17H25IN4S. The normalized spacial score (nSPS) is 12.4. The first-order valence-electron chi connectivity index (χ1n) is 7.60. The third kappa shape index (κ3) is 6.87. The average Bonchev–Trinajstić information content (AvgIpc) is 2.96. The Hall–Kier alpha value is -1.15. The third-order valence-corrected chi connectivity index (χ3v) is 4.45. The number of aromatic nitrogens is 1. The number of hydrogen-bond donors (Lipinski definition) is 2. The lowest BCUT2D eigenvalue weighted by Crippen LogP contribution is -2.37. The molecule has 0 bridgehead atoms. The Morgan fingerprint density at radius 3 is 2.61 bits per heavy atom. The summed E-state index contributed by atoms with van der Waals surface area (Å²) in [5, 5.41) is 7.74. The molecule has 0 saturated heterocycles. The van der Waals surface area contributed by atoms with E-state index < -0.39 is 0 Å². The van der Waals surface area contributed by atoms with Crippen LogP contribution in [0.3, 0.4) is 0 Å². The number of aliphatic imine (C=N–C) groups is 1. The van der Waals surface area contributed by atoms with Gasteiger partial charge >= 0.3 is 0 Å². The van der Waals surface area contributed by atoms with Crippen LogP contribution in [0.4, 0.5) is 0 Å². The molecule has 0 spiro atoms. The predicted octanol–water partition coefficient (Wildman–Crippen LogP) is 3.93. The minimum atomic E-state index is 0. The number of rotatable bonds is 6. The van der Waals surface area contributed by atoms with Crippen LogP contribution in [0.25, 0.3) is 0 Å². The van der Waals surface area contributed by atoms with Gasteiger partial charge in [-0.25, -0.2) is 4.98 Å². The predicted molar refractivity (Wildman–Crippen MR) is 110 cm³/mol. The monoisotopic (exact) mass is 444 g/mol. The molecule has 2 rings (SSSR count). The molecule has 2 N–H and O–H groups in total. The van der Waals surface area contributed by atoms with Crippen LogP contribution >= 0.6 is 35.3 Å². The number of nitrogens with one attached hydrogen (secondary N) is 2. The smallest absolute Gasteiger partial charge is 0.191 e. The van der Waals surface area contributed by atoms with Crippen molar-refractivity contribution in [2.45, 2.75) is 32.7 Å². The van der Waals surface area contributed by atoms with Gasteiger partial charge in [-0.05, 0) is 24.8 Å². The van der Waals surface area contributed by atoms with Gasteiger partial charge in [0, 0.05) is 24.7 Å². The van der Waals surface area contributed by atoms with Crippen LogP contribution in [0, 0.1) is 6.92 Å². The summed E-state index contributed by atoms with van der Waals surface area (Å²) in [7, 11) is 1.79. The lowest BCUT2D eigenvalue weighted by Gasteiger charge is -2.14. The molecule has 0 saturated carbocycles. The number of hydrogen-bond acceptors (Lipinski definition) is 3. The van der Waals surface area contributed by atoms with E-state index in [2.05, 4.69) is 64.8 Å². The number of nitrogens with zero attached hydrogens (tertiary/aromatic N) is 2. The molecule has 1 aromatic carbocycles. The Balaban J connectivity index is 0.00000264. The molecule has 1 unspecified atom stereocenters. The molecule has 1 atom stereocenters. The van der Waals surface area contributed by atoms with E-state index in [9.17, 15) is 0 Å². The number of thiazole rings is 1. The molecule has 1 aromatic heterocycles. The van der Waals surface area contributed by atoms with Crippen LogP contribution in [0.2, 0.25) is 0 Å². The molecule has 126 valence electrons. The number of benzene rings is 1. The summed E-state index contributed by atoms with van der Waals surface area (Å²) in [4.78, 5) is 9.83. The highest BCUT2D eigenvalue weighted by Crippen LogP contribution is 2.17. The van der Waals surface area contributed by atoms with Gasteiger partial charge in [0.25, 0.3) is 0 Å². The van der Waals surface area contributed by atoms with Gasteiger partial charge in [-0.15, -0.1) is 35.3 Å². The molecule has 0 aliphatic rings. The second-order valence-electron chi connectivity index (χ2n) is 5.32. The lowest BCUT2D eigenvalue weighted by molar-refractivity contribution is 0.652. The molecule has 4 nitrogen and oxygen atoms in total. The van der Waals surface area contributed by atoms with Crippen molar-refractivity contribution >= 4 is 41.3 Å². The summed E-state index contributed by atoms with van der Waals surface area (Å²) in [6.07, 6.45) is 2.97. The van der Waals surface area contributed by atoms with Gasteiger partial charge < -0.3 is 10.6 Å². The van der Waals surface area contributed by atoms with Crippen molar-refractivity contribution < 1.29 is 0 Å². The summed E-state index contributed by atoms with van der Waals surface area (Å²) in [5.74, 6) is 1.36. The Bertz CT molecular complexity index is 598. The quantitative estimate of drug-likeness (QED) is 0.403. The molecular weight excluding hydrogens is 419 g/mol. The van der Waals surface area contributed by atoms with Crippen molar-refractivity contribution in [2.75, 3.05) is 13.6 Å². The van der Waals surface area contributed by atoms with Crippen LogP contribution in [0.5, 0.6) is 0 Å². The standard InChI is InChI=1S/C17H24N4S.HI/c1-13(15-7-5-4-6-8-15)9-10-19-17(18-3)21-12-16-20-11-14(2)22-16;/h4-8,11,13H,9-10,12H2,1-3H3,(H2,18,19,21);1H. The average molecular weight is 444 g/mol. The minimum Gasteiger partial charge on any atom is -0.356 e. The fraction of sp³-hybridized carbons (Fsp3) is 0.412. The maximum absolute atomic E-state index is 4.34. The lowest BCUT2D eigenvalue weighted by atomic mass is 9.98. The molecule has 0 aliphatic heterocycles. The SMILES string of the molecule is CN=C(NCCC(C)c1ccccc1)NCc1ncc(C)s1.I. The second kappa shape index (κ2) is 10.6. The van der Waals surface area contributed by atoms with Crippen LogP contribution in [-0.4, -0.2) is 24.5 Å². The second-order valence-corrected chi connectivity index (χ2v) is 6.64. The summed E-state index contributed by atoms with van der Waals surface area (Å²) in [5.41, 5.74) is 1.38. The van der Waals surface area contributed by atoms with Crippen molar-refractivity contribution in [3.05, 3.63) is 52.0 Å². The molecule has 0 aliphatic carbocycles. The Kier molecular flexibility index (Phi) is 9.16. The Morgan fingerprint density at radius 1 is 1.26 bits per heavy atom. The molecule has 6 heteroatoms. The Labute approximate surface area is 159 Å². The minimum absolute atomic E-state index is 0. The van der Waals surface area contributed by atoms with E-state index >= 15 is 0 Å². The van der Waals surface area contributed by atoms with Crippen LogP contribution < -0.4 is 10.6 Å². The van der Waals surface area contributed by atoms with Gasteiger partial charge in [-0.3, -0.25) is 4.99 Å². The summed E-state index contributed by atoms with van der Waals surface area (Å²) in [6, 6.07) is 10.6. The van der Waals surface area contributed by atoms with Crippen LogP contribution in [0.1, 0.15) is 34.7 Å². The Morgan fingerprint density at radius 2 is 2.00 bits per heavy atom. The van der Waals surface area contributed by atoms with E-state index in [0.29, 0.717) is 12.5 Å². The highest BCUT2D eigenvalue weighted by molar-refractivity contribution is 14.0. The zero-order valence-corrected chi connectivity index (χ0v) is 17.0. The summed E-state index contributed by atoms with van der Waals surface area (Å²) < 4.78 is 0. The van der Waals surface area contributed by atoms with E-state index in [1.165, 1.54) is 10.4 Å². The maximum atomic E-state index is 4.34. The van der Waals surface area contributed by atoms with E-state index in [4.69, 9.17) is 0 Å². The van der Waals surface area contributed by atoms with Crippen molar-refractivity contribution in [3.8, 4) is 0 Å². The third-order valence-electron chi connectivity index (χ3n) is 3.54. The van der Waals surface area contributed by atoms with Crippen LogP contribution in [-0.2, 0) is 6.54 Å². The van der Waals surface area contributed by atoms with Crippen molar-refractivity contribution in [1.29, 1.82) is 0 Å². The zero-order valence-electron chi connectivity index (χ0n) is 13.9. The number of halogens is 1. The van der Waals surface area contributed by atoms with E-state index in [1.54, 1.807) is 18.4 Å². The van der Waals surface area contributed by atoms with Gasteiger partial charge in [0.2, 0.25) is 0 Å². The molecule has 0 amide bonds. The fourth-order valence-electron chi connectivity index (χ4n) is 2.22. The highest BCUT2D eigenvalue weighted by atomic mass is 127.